The van der Waals surface area contributed by atoms with Gasteiger partial charge in [-0.2, -0.15) is 0 Å². The fourth-order valence-corrected chi connectivity index (χ4v) is 8.55. The molecule has 0 aromatic rings. The quantitative estimate of drug-likeness (QED) is 0.547. The molecule has 0 aliphatic heterocycles. The van der Waals surface area contributed by atoms with Gasteiger partial charge in [-0.25, -0.2) is 0 Å². The van der Waals surface area contributed by atoms with Crippen molar-refractivity contribution in [1.29, 1.82) is 0 Å². The normalized spacial score (nSPS) is 21.0. The van der Waals surface area contributed by atoms with E-state index in [1.165, 1.54) is 50.2 Å². The van der Waals surface area contributed by atoms with Crippen LogP contribution in [-0.4, -0.2) is 8.07 Å². The average Bonchev–Trinajstić information content (AvgIpc) is 2.23. The van der Waals surface area contributed by atoms with E-state index in [0.717, 1.165) is 5.54 Å². The Labute approximate surface area is 97.9 Å². The molecule has 0 aromatic carbocycles. The molecule has 0 radical (unpaired) electrons. The third-order valence-corrected chi connectivity index (χ3v) is 11.6. The lowest BCUT2D eigenvalue weighted by Gasteiger charge is -2.38. The summed E-state index contributed by atoms with van der Waals surface area (Å²) in [6, 6.07) is 4.60. The van der Waals surface area contributed by atoms with Crippen LogP contribution in [0.5, 0.6) is 0 Å². The molecule has 0 N–H and O–H groups in total. The second kappa shape index (κ2) is 6.73. The first-order chi connectivity index (χ1) is 7.29. The smallest absolute Gasteiger partial charge is 0.0558 e. The van der Waals surface area contributed by atoms with Crippen LogP contribution in [0.3, 0.4) is 0 Å². The summed E-state index contributed by atoms with van der Waals surface area (Å²) in [5.41, 5.74) is 1.16. The molecule has 0 atom stereocenters. The van der Waals surface area contributed by atoms with Gasteiger partial charge in [0.05, 0.1) is 8.07 Å². The summed E-state index contributed by atoms with van der Waals surface area (Å²) >= 11 is 0. The van der Waals surface area contributed by atoms with E-state index in [1.54, 1.807) is 12.8 Å². The first-order valence-electron chi connectivity index (χ1n) is 7.29. The van der Waals surface area contributed by atoms with Gasteiger partial charge in [-0.05, 0) is 5.54 Å². The molecule has 1 saturated carbocycles. The van der Waals surface area contributed by atoms with Crippen molar-refractivity contribution in [1.82, 2.24) is 0 Å². The topological polar surface area (TPSA) is 0 Å². The summed E-state index contributed by atoms with van der Waals surface area (Å²) in [7, 11) is -0.871. The molecule has 90 valence electrons. The molecular weight excluding hydrogens is 196 g/mol. The van der Waals surface area contributed by atoms with Crippen LogP contribution in [0.25, 0.3) is 0 Å². The minimum Gasteiger partial charge on any atom is -0.0678 e. The molecule has 0 spiro atoms. The monoisotopic (exact) mass is 226 g/mol. The minimum atomic E-state index is -0.871. The fraction of sp³-hybridized carbons (Fsp3) is 1.00. The lowest BCUT2D eigenvalue weighted by Crippen LogP contribution is -2.37. The van der Waals surface area contributed by atoms with E-state index in [-0.39, 0.29) is 0 Å². The van der Waals surface area contributed by atoms with Gasteiger partial charge in [-0.1, -0.05) is 83.8 Å². The van der Waals surface area contributed by atoms with Gasteiger partial charge in [0.1, 0.15) is 0 Å². The van der Waals surface area contributed by atoms with Gasteiger partial charge < -0.3 is 0 Å². The first-order valence-corrected chi connectivity index (χ1v) is 9.99. The predicted octanol–water partition coefficient (Wildman–Crippen LogP) is 5.61. The van der Waals surface area contributed by atoms with Crippen molar-refractivity contribution >= 4 is 8.07 Å². The van der Waals surface area contributed by atoms with Crippen LogP contribution in [0, 0.1) is 0 Å². The number of rotatable bonds is 4. The Hall–Kier alpha value is 0.217. The Bertz CT molecular complexity index is 144. The van der Waals surface area contributed by atoms with Gasteiger partial charge >= 0.3 is 0 Å². The Morgan fingerprint density at radius 1 is 0.733 bits per heavy atom. The molecular formula is C14H30Si. The molecule has 1 rings (SSSR count). The lowest BCUT2D eigenvalue weighted by atomic mass is 10.0. The van der Waals surface area contributed by atoms with Crippen LogP contribution in [0.1, 0.15) is 65.7 Å². The van der Waals surface area contributed by atoms with Crippen LogP contribution in [0.2, 0.25) is 23.7 Å². The van der Waals surface area contributed by atoms with Crippen LogP contribution >= 0.6 is 0 Å². The van der Waals surface area contributed by atoms with Gasteiger partial charge in [-0.3, -0.25) is 0 Å². The van der Waals surface area contributed by atoms with E-state index in [9.17, 15) is 0 Å². The molecule has 1 heteroatoms. The zero-order chi connectivity index (χ0) is 11.1. The van der Waals surface area contributed by atoms with E-state index < -0.39 is 8.07 Å². The van der Waals surface area contributed by atoms with Crippen molar-refractivity contribution in [2.45, 2.75) is 89.4 Å². The van der Waals surface area contributed by atoms with Gasteiger partial charge in [0, 0.05) is 0 Å². The molecule has 0 heterocycles. The maximum absolute atomic E-state index is 2.47. The van der Waals surface area contributed by atoms with Crippen molar-refractivity contribution in [3.05, 3.63) is 0 Å². The molecule has 0 amide bonds. The molecule has 0 saturated heterocycles. The SMILES string of the molecule is CC[Si](CC)(CC)C1CCCCCCC1. The van der Waals surface area contributed by atoms with Gasteiger partial charge in [0.25, 0.3) is 0 Å². The maximum atomic E-state index is 2.47. The molecule has 0 nitrogen and oxygen atoms in total. The van der Waals surface area contributed by atoms with Crippen LogP contribution in [0.15, 0.2) is 0 Å². The third kappa shape index (κ3) is 3.34. The zero-order valence-electron chi connectivity index (χ0n) is 11.1. The minimum absolute atomic E-state index is 0.871. The predicted molar refractivity (Wildman–Crippen MR) is 73.3 cm³/mol. The average molecular weight is 226 g/mol. The van der Waals surface area contributed by atoms with Crippen LogP contribution < -0.4 is 0 Å². The molecule has 0 unspecified atom stereocenters. The first kappa shape index (κ1) is 13.3. The Kier molecular flexibility index (Phi) is 5.96. The van der Waals surface area contributed by atoms with E-state index in [2.05, 4.69) is 20.8 Å². The van der Waals surface area contributed by atoms with E-state index in [1.807, 2.05) is 0 Å². The Balaban J connectivity index is 2.62. The Morgan fingerprint density at radius 3 is 1.53 bits per heavy atom. The molecule has 1 fully saturated rings. The fourth-order valence-electron chi connectivity index (χ4n) is 3.68. The Morgan fingerprint density at radius 2 is 1.13 bits per heavy atom. The molecule has 0 bridgehead atoms. The zero-order valence-corrected chi connectivity index (χ0v) is 12.1. The highest BCUT2D eigenvalue weighted by Gasteiger charge is 2.35. The molecule has 0 aromatic heterocycles. The van der Waals surface area contributed by atoms with Crippen molar-refractivity contribution in [2.75, 3.05) is 0 Å². The van der Waals surface area contributed by atoms with Crippen molar-refractivity contribution in [3.63, 3.8) is 0 Å². The summed E-state index contributed by atoms with van der Waals surface area (Å²) < 4.78 is 0. The second-order valence-corrected chi connectivity index (χ2v) is 11.1. The second-order valence-electron chi connectivity index (χ2n) is 5.47. The molecule has 1 aliphatic carbocycles. The highest BCUT2D eigenvalue weighted by Crippen LogP contribution is 2.41. The van der Waals surface area contributed by atoms with E-state index >= 15 is 0 Å². The molecule has 1 aliphatic rings. The summed E-state index contributed by atoms with van der Waals surface area (Å²) in [6.07, 6.45) is 10.7. The van der Waals surface area contributed by atoms with Crippen molar-refractivity contribution in [3.8, 4) is 0 Å². The third-order valence-electron chi connectivity index (χ3n) is 5.08. The van der Waals surface area contributed by atoms with E-state index in [0.29, 0.717) is 0 Å². The highest BCUT2D eigenvalue weighted by molar-refractivity contribution is 6.81. The van der Waals surface area contributed by atoms with Gasteiger partial charge in [-0.15, -0.1) is 0 Å². The summed E-state index contributed by atoms with van der Waals surface area (Å²) in [4.78, 5) is 0. The highest BCUT2D eigenvalue weighted by atomic mass is 28.3. The van der Waals surface area contributed by atoms with Crippen molar-refractivity contribution in [2.24, 2.45) is 0 Å². The standard InChI is InChI=1S/C14H30Si/c1-4-15(5-2,6-3)14-12-10-8-7-9-11-13-14/h14H,4-13H2,1-3H3. The van der Waals surface area contributed by atoms with Crippen LogP contribution in [-0.2, 0) is 0 Å². The number of hydrogen-bond donors (Lipinski definition) is 0. The number of hydrogen-bond acceptors (Lipinski definition) is 0. The van der Waals surface area contributed by atoms with E-state index in [4.69, 9.17) is 0 Å². The lowest BCUT2D eigenvalue weighted by molar-refractivity contribution is 0.491. The van der Waals surface area contributed by atoms with Crippen molar-refractivity contribution < 1.29 is 0 Å². The van der Waals surface area contributed by atoms with Crippen LogP contribution in [0.4, 0.5) is 0 Å². The maximum Gasteiger partial charge on any atom is 0.0558 e. The molecule has 15 heavy (non-hydrogen) atoms. The van der Waals surface area contributed by atoms with Gasteiger partial charge in [0.15, 0.2) is 0 Å². The largest absolute Gasteiger partial charge is 0.0678 e. The summed E-state index contributed by atoms with van der Waals surface area (Å²) in [6.45, 7) is 7.41. The summed E-state index contributed by atoms with van der Waals surface area (Å²) in [5, 5.41) is 0. The summed E-state index contributed by atoms with van der Waals surface area (Å²) in [5.74, 6) is 0. The van der Waals surface area contributed by atoms with Gasteiger partial charge in [0.2, 0.25) is 0 Å².